The van der Waals surface area contributed by atoms with Gasteiger partial charge in [-0.15, -0.1) is 0 Å². The number of hydrogen-bond acceptors (Lipinski definition) is 14. The Morgan fingerprint density at radius 1 is 0.488 bits per heavy atom. The Bertz CT molecular complexity index is 2940. The van der Waals surface area contributed by atoms with Gasteiger partial charge < -0.3 is 30.0 Å². The average Bonchev–Trinajstić information content (AvgIpc) is 3.58. The number of rotatable bonds is 21. The van der Waals surface area contributed by atoms with E-state index in [1.807, 2.05) is 38.1 Å². The molecule has 0 bridgehead atoms. The van der Waals surface area contributed by atoms with Crippen molar-refractivity contribution in [3.8, 4) is 0 Å². The summed E-state index contributed by atoms with van der Waals surface area (Å²) in [5, 5.41) is 28.9. The van der Waals surface area contributed by atoms with Crippen LogP contribution in [0.3, 0.4) is 0 Å². The average molecular weight is 1120 g/mol. The summed E-state index contributed by atoms with van der Waals surface area (Å²) in [4.78, 5) is 75.3. The Morgan fingerprint density at radius 2 is 0.841 bits per heavy atom. The molecule has 6 heterocycles. The molecule has 17 nitrogen and oxygen atoms in total. The number of carboxylic acids is 3. The Hall–Kier alpha value is -7.57. The second-order valence-electron chi connectivity index (χ2n) is 23.1. The Morgan fingerprint density at radius 3 is 1.18 bits per heavy atom. The van der Waals surface area contributed by atoms with Crippen molar-refractivity contribution in [1.29, 1.82) is 0 Å². The zero-order valence-electron chi connectivity index (χ0n) is 48.8. The van der Waals surface area contributed by atoms with Crippen molar-refractivity contribution in [3.05, 3.63) is 177 Å². The molecule has 0 radical (unpaired) electrons. The summed E-state index contributed by atoms with van der Waals surface area (Å²) in [5.41, 5.74) is 8.66. The molecular weight excluding hydrogens is 1030 g/mol. The molecular formula is C65H82N10O7. The molecule has 3 saturated heterocycles. The lowest BCUT2D eigenvalue weighted by atomic mass is 9.76. The first-order valence-electron chi connectivity index (χ1n) is 28.9. The number of piperazine rings is 3. The highest BCUT2D eigenvalue weighted by molar-refractivity contribution is 5.95. The van der Waals surface area contributed by atoms with E-state index < -0.39 is 17.9 Å². The van der Waals surface area contributed by atoms with E-state index in [0.29, 0.717) is 40.4 Å². The Labute approximate surface area is 483 Å². The molecule has 17 heteroatoms. The zero-order chi connectivity index (χ0) is 58.5. The minimum Gasteiger partial charge on any atom is -0.478 e. The minimum atomic E-state index is -0.940. The first-order valence-corrected chi connectivity index (χ1v) is 28.9. The van der Waals surface area contributed by atoms with E-state index in [1.165, 1.54) is 27.8 Å². The van der Waals surface area contributed by atoms with Crippen molar-refractivity contribution in [3.63, 3.8) is 0 Å². The van der Waals surface area contributed by atoms with E-state index in [1.54, 1.807) is 48.9 Å². The van der Waals surface area contributed by atoms with Crippen molar-refractivity contribution in [2.45, 2.75) is 92.6 Å². The number of aromatic carboxylic acids is 3. The van der Waals surface area contributed by atoms with E-state index >= 15 is 0 Å². The minimum absolute atomic E-state index is 0.0150. The van der Waals surface area contributed by atoms with Crippen molar-refractivity contribution in [2.75, 3.05) is 93.2 Å². The van der Waals surface area contributed by atoms with Gasteiger partial charge in [0.15, 0.2) is 0 Å². The lowest BCUT2D eigenvalue weighted by Crippen LogP contribution is -2.53. The van der Waals surface area contributed by atoms with Crippen LogP contribution in [0.15, 0.2) is 122 Å². The van der Waals surface area contributed by atoms with Crippen molar-refractivity contribution >= 4 is 41.6 Å². The molecule has 3 N–H and O–H groups in total. The van der Waals surface area contributed by atoms with Crippen molar-refractivity contribution in [1.82, 2.24) is 34.6 Å². The van der Waals surface area contributed by atoms with Gasteiger partial charge in [-0.05, 0) is 88.4 Å². The number of nitrogens with zero attached hydrogens (tertiary/aromatic N) is 10. The smallest absolute Gasteiger partial charge is 0.339 e. The number of benzene rings is 3. The third kappa shape index (κ3) is 15.1. The molecule has 3 fully saturated rings. The summed E-state index contributed by atoms with van der Waals surface area (Å²) in [6.07, 6.45) is 5.88. The molecule has 3 aromatic heterocycles. The first-order chi connectivity index (χ1) is 39.4. The molecule has 0 aliphatic carbocycles. The molecule has 82 heavy (non-hydrogen) atoms. The van der Waals surface area contributed by atoms with E-state index in [9.17, 15) is 34.5 Å². The molecule has 3 aliphatic heterocycles. The van der Waals surface area contributed by atoms with Crippen molar-refractivity contribution < 1.29 is 34.5 Å². The third-order valence-electron chi connectivity index (χ3n) is 17.0. The maximum atomic E-state index is 11.8. The van der Waals surface area contributed by atoms with Crippen LogP contribution in [-0.4, -0.2) is 158 Å². The first kappa shape index (κ1) is 60.5. The van der Waals surface area contributed by atoms with Gasteiger partial charge in [-0.2, -0.15) is 0 Å². The van der Waals surface area contributed by atoms with E-state index in [0.717, 1.165) is 123 Å². The normalized spacial score (nSPS) is 15.7. The van der Waals surface area contributed by atoms with Crippen LogP contribution in [0, 0.1) is 11.8 Å². The van der Waals surface area contributed by atoms with E-state index in [4.69, 9.17) is 0 Å². The number of carbonyl (C=O) groups excluding carboxylic acids is 1. The lowest BCUT2D eigenvalue weighted by Gasteiger charge is -2.48. The van der Waals surface area contributed by atoms with Crippen LogP contribution in [0.4, 0.5) is 17.5 Å². The molecule has 3 aromatic carbocycles. The van der Waals surface area contributed by atoms with Gasteiger partial charge in [0, 0.05) is 141 Å². The highest BCUT2D eigenvalue weighted by atomic mass is 16.4. The number of pyridine rings is 3. The fourth-order valence-electron chi connectivity index (χ4n) is 11.6. The standard InChI is InChI=1S/C44H57N7O4.C21H25N3O3/c1-32(2)44(5,33(3)4)51(30-36-14-10-34(11-15-36)28-47-20-24-49(25-21-47)40-38(42(52)53)8-6-18-45-40)31-37-16-12-35(13-17-37)29-48-22-26-50(27-23-48)41-39(43(54)55)9-7-19-46-41;1-15(2)18-7-8-22-20(19(18)21(26)27)24-11-9-23(10-12-24)13-16-3-5-17(14-25)6-4-16/h6-19,32-33H,20-31H2,1-5H3,(H,52,53)(H,54,55);3-8,14-15H,9-13H2,1-2H3,(H,26,27). The lowest BCUT2D eigenvalue weighted by molar-refractivity contribution is 0.00493. The molecule has 9 rings (SSSR count). The summed E-state index contributed by atoms with van der Waals surface area (Å²) in [6, 6.07) is 34.2. The van der Waals surface area contributed by atoms with Crippen LogP contribution >= 0.6 is 0 Å². The summed E-state index contributed by atoms with van der Waals surface area (Å²) in [6.45, 7) is 29.5. The van der Waals surface area contributed by atoms with Gasteiger partial charge in [0.2, 0.25) is 0 Å². The maximum Gasteiger partial charge on any atom is 0.339 e. The predicted molar refractivity (Wildman–Crippen MR) is 322 cm³/mol. The molecule has 0 spiro atoms. The van der Waals surface area contributed by atoms with Crippen molar-refractivity contribution in [2.24, 2.45) is 11.8 Å². The number of anilines is 3. The van der Waals surface area contributed by atoms with Gasteiger partial charge in [-0.25, -0.2) is 29.3 Å². The summed E-state index contributed by atoms with van der Waals surface area (Å²) < 4.78 is 0. The summed E-state index contributed by atoms with van der Waals surface area (Å²) in [5.74, 6) is -0.0646. The predicted octanol–water partition coefficient (Wildman–Crippen LogP) is 9.63. The molecule has 3 aliphatic rings. The molecule has 0 amide bonds. The Balaban J connectivity index is 0.000000272. The maximum absolute atomic E-state index is 11.8. The molecule has 0 unspecified atom stereocenters. The van der Waals surface area contributed by atoms with Crippen LogP contribution < -0.4 is 14.7 Å². The number of carbonyl (C=O) groups is 4. The molecule has 0 saturated carbocycles. The highest BCUT2D eigenvalue weighted by Crippen LogP contribution is 2.36. The van der Waals surface area contributed by atoms with Crippen LogP contribution in [-0.2, 0) is 32.7 Å². The molecule has 6 aromatic rings. The SMILES string of the molecule is CC(C)C(C)(C(C)C)N(Cc1ccc(CN2CCN(c3ncccc3C(=O)O)CC2)cc1)Cc1ccc(CN2CCN(c3ncccc3C(=O)O)CC2)cc1.CC(C)c1ccnc(N2CCN(Cc3ccc(C=O)cc3)CC2)c1C(=O)O. The zero-order valence-corrected chi connectivity index (χ0v) is 48.8. The van der Waals surface area contributed by atoms with Gasteiger partial charge in [0.1, 0.15) is 40.4 Å². The number of aldehydes is 1. The molecule has 0 atom stereocenters. The topological polar surface area (TPSA) is 190 Å². The number of aromatic nitrogens is 3. The van der Waals surface area contributed by atoms with Gasteiger partial charge in [-0.1, -0.05) is 114 Å². The van der Waals surface area contributed by atoms with Gasteiger partial charge in [0.25, 0.3) is 0 Å². The fraction of sp³-hybridized carbons (Fsp3) is 0.431. The van der Waals surface area contributed by atoms with Crippen LogP contribution in [0.5, 0.6) is 0 Å². The highest BCUT2D eigenvalue weighted by Gasteiger charge is 2.38. The Kier molecular flexibility index (Phi) is 20.6. The number of hydrogen-bond donors (Lipinski definition) is 3. The number of carboxylic acid groups (broad SMARTS) is 3. The van der Waals surface area contributed by atoms with Crippen LogP contribution in [0.2, 0.25) is 0 Å². The fourth-order valence-corrected chi connectivity index (χ4v) is 11.6. The summed E-state index contributed by atoms with van der Waals surface area (Å²) >= 11 is 0. The van der Waals surface area contributed by atoms with Gasteiger partial charge >= 0.3 is 17.9 Å². The summed E-state index contributed by atoms with van der Waals surface area (Å²) in [7, 11) is 0. The molecule has 434 valence electrons. The van der Waals surface area contributed by atoms with Gasteiger partial charge in [-0.3, -0.25) is 24.4 Å². The van der Waals surface area contributed by atoms with E-state index in [2.05, 4.69) is 132 Å². The third-order valence-corrected chi connectivity index (χ3v) is 17.0. The monoisotopic (exact) mass is 1110 g/mol. The second-order valence-corrected chi connectivity index (χ2v) is 23.1. The quantitative estimate of drug-likeness (QED) is 0.0577. The largest absolute Gasteiger partial charge is 0.478 e. The van der Waals surface area contributed by atoms with Crippen LogP contribution in [0.25, 0.3) is 0 Å². The van der Waals surface area contributed by atoms with Crippen LogP contribution in [0.1, 0.15) is 129 Å². The second kappa shape index (κ2) is 27.9. The van der Waals surface area contributed by atoms with E-state index in [-0.39, 0.29) is 22.6 Å². The van der Waals surface area contributed by atoms with Gasteiger partial charge in [0.05, 0.1) is 0 Å².